The minimum absolute atomic E-state index is 0.146. The predicted molar refractivity (Wildman–Crippen MR) is 64.4 cm³/mol. The number of rotatable bonds is 0. The van der Waals surface area contributed by atoms with Crippen molar-refractivity contribution in [3.63, 3.8) is 0 Å². The largest absolute Gasteiger partial charge is 0.464 e. The van der Waals surface area contributed by atoms with E-state index in [1.165, 1.54) is 22.1 Å². The summed E-state index contributed by atoms with van der Waals surface area (Å²) in [5.74, 6) is 0. The third-order valence-electron chi connectivity index (χ3n) is 3.00. The van der Waals surface area contributed by atoms with E-state index in [9.17, 15) is 0 Å². The summed E-state index contributed by atoms with van der Waals surface area (Å²) in [5, 5.41) is 1.26. The lowest BCUT2D eigenvalue weighted by molar-refractivity contribution is 0.557. The van der Waals surface area contributed by atoms with Crippen LogP contribution in [-0.2, 0) is 5.41 Å². The average Bonchev–Trinajstić information content (AvgIpc) is 2.47. The summed E-state index contributed by atoms with van der Waals surface area (Å²) < 4.78 is 5.61. The molecule has 1 heterocycles. The molecule has 0 saturated carbocycles. The van der Waals surface area contributed by atoms with Crippen molar-refractivity contribution in [2.75, 3.05) is 0 Å². The van der Waals surface area contributed by atoms with Crippen LogP contribution < -0.4 is 0 Å². The summed E-state index contributed by atoms with van der Waals surface area (Å²) in [4.78, 5) is 0. The highest BCUT2D eigenvalue weighted by atomic mass is 16.3. The van der Waals surface area contributed by atoms with Gasteiger partial charge in [0.05, 0.1) is 6.26 Å². The second-order valence-electron chi connectivity index (χ2n) is 5.33. The van der Waals surface area contributed by atoms with Gasteiger partial charge in [-0.05, 0) is 42.5 Å². The minimum Gasteiger partial charge on any atom is -0.464 e. The first-order chi connectivity index (χ1) is 6.89. The Morgan fingerprint density at radius 2 is 1.60 bits per heavy atom. The third kappa shape index (κ3) is 1.67. The normalized spacial score (nSPS) is 12.3. The van der Waals surface area contributed by atoms with Gasteiger partial charge in [-0.25, -0.2) is 0 Å². The van der Waals surface area contributed by atoms with Crippen molar-refractivity contribution in [3.8, 4) is 0 Å². The molecule has 0 fully saturated rings. The zero-order valence-electron chi connectivity index (χ0n) is 10.1. The maximum Gasteiger partial charge on any atom is 0.134 e. The Kier molecular flexibility index (Phi) is 2.14. The SMILES string of the molecule is Cc1cc2occ(C(C)(C)C)c2cc1C. The lowest BCUT2D eigenvalue weighted by Crippen LogP contribution is -2.09. The Hall–Kier alpha value is -1.24. The predicted octanol–water partition coefficient (Wildman–Crippen LogP) is 4.35. The summed E-state index contributed by atoms with van der Waals surface area (Å²) >= 11 is 0. The Morgan fingerprint density at radius 3 is 2.20 bits per heavy atom. The fraction of sp³-hybridized carbons (Fsp3) is 0.429. The molecule has 0 bridgehead atoms. The lowest BCUT2D eigenvalue weighted by atomic mass is 9.86. The average molecular weight is 202 g/mol. The molecule has 2 aromatic rings. The molecule has 1 aromatic heterocycles. The van der Waals surface area contributed by atoms with Gasteiger partial charge in [0.15, 0.2) is 0 Å². The Morgan fingerprint density at radius 1 is 1.00 bits per heavy atom. The van der Waals surface area contributed by atoms with Gasteiger partial charge < -0.3 is 4.42 Å². The Labute approximate surface area is 91.1 Å². The molecular weight excluding hydrogens is 184 g/mol. The van der Waals surface area contributed by atoms with Crippen molar-refractivity contribution in [2.24, 2.45) is 0 Å². The molecule has 0 amide bonds. The topological polar surface area (TPSA) is 13.1 Å². The van der Waals surface area contributed by atoms with Crippen molar-refractivity contribution in [3.05, 3.63) is 35.1 Å². The molecular formula is C14H18O. The Bertz CT molecular complexity index is 498. The van der Waals surface area contributed by atoms with Gasteiger partial charge in [-0.2, -0.15) is 0 Å². The number of hydrogen-bond acceptors (Lipinski definition) is 1. The molecule has 0 aliphatic carbocycles. The highest BCUT2D eigenvalue weighted by molar-refractivity contribution is 5.83. The highest BCUT2D eigenvalue weighted by Crippen LogP contribution is 2.32. The summed E-state index contributed by atoms with van der Waals surface area (Å²) in [6.07, 6.45) is 1.89. The van der Waals surface area contributed by atoms with Crippen LogP contribution in [0.25, 0.3) is 11.0 Å². The van der Waals surface area contributed by atoms with Crippen molar-refractivity contribution in [2.45, 2.75) is 40.0 Å². The summed E-state index contributed by atoms with van der Waals surface area (Å²) in [7, 11) is 0. The minimum atomic E-state index is 0.146. The van der Waals surface area contributed by atoms with E-state index < -0.39 is 0 Å². The molecule has 0 unspecified atom stereocenters. The smallest absolute Gasteiger partial charge is 0.134 e. The monoisotopic (exact) mass is 202 g/mol. The van der Waals surface area contributed by atoms with Crippen LogP contribution in [0.1, 0.15) is 37.5 Å². The van der Waals surface area contributed by atoms with Crippen LogP contribution in [0, 0.1) is 13.8 Å². The molecule has 1 aromatic carbocycles. The fourth-order valence-corrected chi connectivity index (χ4v) is 1.86. The van der Waals surface area contributed by atoms with E-state index in [2.05, 4.69) is 46.8 Å². The van der Waals surface area contributed by atoms with Crippen molar-refractivity contribution in [1.29, 1.82) is 0 Å². The van der Waals surface area contributed by atoms with Gasteiger partial charge in [0.2, 0.25) is 0 Å². The molecule has 0 N–H and O–H groups in total. The highest BCUT2D eigenvalue weighted by Gasteiger charge is 2.19. The molecule has 15 heavy (non-hydrogen) atoms. The molecule has 0 atom stereocenters. The van der Waals surface area contributed by atoms with E-state index >= 15 is 0 Å². The third-order valence-corrected chi connectivity index (χ3v) is 3.00. The molecule has 0 aliphatic heterocycles. The van der Waals surface area contributed by atoms with Gasteiger partial charge in [0, 0.05) is 10.9 Å². The molecule has 1 heteroatoms. The van der Waals surface area contributed by atoms with E-state index in [1.54, 1.807) is 0 Å². The molecule has 0 aliphatic rings. The number of aryl methyl sites for hydroxylation is 2. The van der Waals surface area contributed by atoms with E-state index in [-0.39, 0.29) is 5.41 Å². The first-order valence-electron chi connectivity index (χ1n) is 5.38. The number of furan rings is 1. The first kappa shape index (κ1) is 10.3. The maximum absolute atomic E-state index is 5.61. The van der Waals surface area contributed by atoms with Gasteiger partial charge >= 0.3 is 0 Å². The van der Waals surface area contributed by atoms with Crippen LogP contribution in [0.4, 0.5) is 0 Å². The van der Waals surface area contributed by atoms with Crippen LogP contribution in [0.2, 0.25) is 0 Å². The summed E-state index contributed by atoms with van der Waals surface area (Å²) in [6, 6.07) is 4.36. The Balaban J connectivity index is 2.75. The van der Waals surface area contributed by atoms with E-state index in [0.717, 1.165) is 5.58 Å². The van der Waals surface area contributed by atoms with Crippen molar-refractivity contribution >= 4 is 11.0 Å². The quantitative estimate of drug-likeness (QED) is 0.619. The van der Waals surface area contributed by atoms with Gasteiger partial charge in [-0.3, -0.25) is 0 Å². The van der Waals surface area contributed by atoms with Crippen LogP contribution >= 0.6 is 0 Å². The second-order valence-corrected chi connectivity index (χ2v) is 5.33. The second kappa shape index (κ2) is 3.13. The van der Waals surface area contributed by atoms with Crippen LogP contribution in [0.15, 0.2) is 22.8 Å². The molecule has 0 spiro atoms. The molecule has 0 saturated heterocycles. The van der Waals surface area contributed by atoms with Crippen LogP contribution in [0.5, 0.6) is 0 Å². The van der Waals surface area contributed by atoms with E-state index in [1.807, 2.05) is 6.26 Å². The van der Waals surface area contributed by atoms with Crippen LogP contribution in [0.3, 0.4) is 0 Å². The molecule has 80 valence electrons. The van der Waals surface area contributed by atoms with Gasteiger partial charge in [-0.1, -0.05) is 20.8 Å². The summed E-state index contributed by atoms with van der Waals surface area (Å²) in [6.45, 7) is 10.9. The molecule has 2 rings (SSSR count). The first-order valence-corrected chi connectivity index (χ1v) is 5.38. The zero-order chi connectivity index (χ0) is 11.2. The van der Waals surface area contributed by atoms with Gasteiger partial charge in [0.25, 0.3) is 0 Å². The van der Waals surface area contributed by atoms with Crippen molar-refractivity contribution in [1.82, 2.24) is 0 Å². The standard InChI is InChI=1S/C14H18O/c1-9-6-11-12(14(3,4)5)8-15-13(11)7-10(9)2/h6-8H,1-5H3. The number of benzene rings is 1. The molecule has 0 radical (unpaired) electrons. The van der Waals surface area contributed by atoms with Crippen LogP contribution in [-0.4, -0.2) is 0 Å². The van der Waals surface area contributed by atoms with Crippen molar-refractivity contribution < 1.29 is 4.42 Å². The number of fused-ring (bicyclic) bond motifs is 1. The fourth-order valence-electron chi connectivity index (χ4n) is 1.86. The van der Waals surface area contributed by atoms with Gasteiger partial charge in [-0.15, -0.1) is 0 Å². The maximum atomic E-state index is 5.61. The number of hydrogen-bond donors (Lipinski definition) is 0. The van der Waals surface area contributed by atoms with Gasteiger partial charge in [0.1, 0.15) is 5.58 Å². The zero-order valence-corrected chi connectivity index (χ0v) is 10.1. The van der Waals surface area contributed by atoms with E-state index in [0.29, 0.717) is 0 Å². The van der Waals surface area contributed by atoms with E-state index in [4.69, 9.17) is 4.42 Å². The summed E-state index contributed by atoms with van der Waals surface area (Å²) in [5.41, 5.74) is 5.06. The molecule has 1 nitrogen and oxygen atoms in total. The lowest BCUT2D eigenvalue weighted by Gasteiger charge is -2.16.